The smallest absolute Gasteiger partial charge is 0.240 e. The second-order valence-electron chi connectivity index (χ2n) is 4.98. The standard InChI is InChI=1S/C12H19N3O4S2.ClH/c1-14-20(16,17)10-4-6-11(7-5-10)21(18,19)15-12(8-13)9-2-3-9;/h4-7,9,12,14-15H,2-3,8,13H2,1H3;1H. The van der Waals surface area contributed by atoms with Gasteiger partial charge >= 0.3 is 0 Å². The van der Waals surface area contributed by atoms with Crippen LogP contribution >= 0.6 is 12.4 Å². The van der Waals surface area contributed by atoms with Crippen LogP contribution in [0.1, 0.15) is 12.8 Å². The zero-order chi connectivity index (χ0) is 15.7. The van der Waals surface area contributed by atoms with Gasteiger partial charge in [0, 0.05) is 12.6 Å². The van der Waals surface area contributed by atoms with E-state index in [1.807, 2.05) is 0 Å². The van der Waals surface area contributed by atoms with Crippen LogP contribution in [-0.2, 0) is 20.0 Å². The zero-order valence-electron chi connectivity index (χ0n) is 12.0. The summed E-state index contributed by atoms with van der Waals surface area (Å²) < 4.78 is 52.4. The second kappa shape index (κ2) is 7.24. The third-order valence-corrected chi connectivity index (χ3v) is 6.40. The number of sulfonamides is 2. The van der Waals surface area contributed by atoms with Gasteiger partial charge in [-0.25, -0.2) is 26.3 Å². The van der Waals surface area contributed by atoms with Gasteiger partial charge in [-0.3, -0.25) is 0 Å². The highest BCUT2D eigenvalue weighted by molar-refractivity contribution is 7.90. The summed E-state index contributed by atoms with van der Waals surface area (Å²) in [6, 6.07) is 4.79. The maximum atomic E-state index is 12.2. The Balaban J connectivity index is 0.00000242. The quantitative estimate of drug-likeness (QED) is 0.626. The summed E-state index contributed by atoms with van der Waals surface area (Å²) >= 11 is 0. The zero-order valence-corrected chi connectivity index (χ0v) is 14.5. The molecule has 1 saturated carbocycles. The largest absolute Gasteiger partial charge is 0.329 e. The van der Waals surface area contributed by atoms with E-state index in [2.05, 4.69) is 9.44 Å². The normalized spacial score (nSPS) is 16.8. The molecular formula is C12H20ClN3O4S2. The highest BCUT2D eigenvalue weighted by Gasteiger charge is 2.33. The summed E-state index contributed by atoms with van der Waals surface area (Å²) in [5.74, 6) is 0.300. The van der Waals surface area contributed by atoms with E-state index >= 15 is 0 Å². The van der Waals surface area contributed by atoms with Gasteiger partial charge < -0.3 is 5.73 Å². The molecule has 1 aliphatic rings. The number of hydrogen-bond donors (Lipinski definition) is 3. The van der Waals surface area contributed by atoms with Gasteiger partial charge in [0.15, 0.2) is 0 Å². The topological polar surface area (TPSA) is 118 Å². The van der Waals surface area contributed by atoms with E-state index in [1.54, 1.807) is 0 Å². The Morgan fingerprint density at radius 1 is 1.09 bits per heavy atom. The van der Waals surface area contributed by atoms with Crippen LogP contribution in [0, 0.1) is 5.92 Å². The Morgan fingerprint density at radius 3 is 1.91 bits per heavy atom. The van der Waals surface area contributed by atoms with E-state index in [9.17, 15) is 16.8 Å². The first kappa shape index (κ1) is 19.3. The van der Waals surface area contributed by atoms with Crippen LogP contribution in [0.2, 0.25) is 0 Å². The van der Waals surface area contributed by atoms with Crippen LogP contribution in [0.5, 0.6) is 0 Å². The molecule has 4 N–H and O–H groups in total. The molecule has 0 aromatic heterocycles. The first-order valence-electron chi connectivity index (χ1n) is 6.56. The molecule has 1 fully saturated rings. The molecular weight excluding hydrogens is 350 g/mol. The maximum absolute atomic E-state index is 12.2. The van der Waals surface area contributed by atoms with Gasteiger partial charge in [0.25, 0.3) is 0 Å². The number of halogens is 1. The van der Waals surface area contributed by atoms with Gasteiger partial charge in [-0.15, -0.1) is 12.4 Å². The molecule has 1 aliphatic carbocycles. The average molecular weight is 370 g/mol. The fraction of sp³-hybridized carbons (Fsp3) is 0.500. The van der Waals surface area contributed by atoms with Crippen molar-refractivity contribution in [2.75, 3.05) is 13.6 Å². The molecule has 1 aromatic carbocycles. The van der Waals surface area contributed by atoms with Gasteiger partial charge in [0.2, 0.25) is 20.0 Å². The molecule has 126 valence electrons. The van der Waals surface area contributed by atoms with Crippen molar-refractivity contribution in [2.24, 2.45) is 11.7 Å². The van der Waals surface area contributed by atoms with Crippen molar-refractivity contribution in [3.8, 4) is 0 Å². The summed E-state index contributed by atoms with van der Waals surface area (Å²) in [6.45, 7) is 0.246. The molecule has 10 heteroatoms. The Hall–Kier alpha value is -0.710. The van der Waals surface area contributed by atoms with Crippen molar-refractivity contribution in [1.82, 2.24) is 9.44 Å². The van der Waals surface area contributed by atoms with Crippen molar-refractivity contribution in [3.05, 3.63) is 24.3 Å². The number of rotatable bonds is 7. The summed E-state index contributed by atoms with van der Waals surface area (Å²) in [6.07, 6.45) is 1.95. The first-order chi connectivity index (χ1) is 9.80. The molecule has 0 heterocycles. The van der Waals surface area contributed by atoms with Gasteiger partial charge in [0.1, 0.15) is 0 Å². The first-order valence-corrected chi connectivity index (χ1v) is 9.53. The molecule has 0 spiro atoms. The molecule has 22 heavy (non-hydrogen) atoms. The van der Waals surface area contributed by atoms with Gasteiger partial charge in [0.05, 0.1) is 9.79 Å². The predicted octanol–water partition coefficient (Wildman–Crippen LogP) is 0.0321. The van der Waals surface area contributed by atoms with E-state index in [4.69, 9.17) is 5.73 Å². The van der Waals surface area contributed by atoms with Crippen LogP contribution < -0.4 is 15.2 Å². The number of nitrogens with two attached hydrogens (primary N) is 1. The average Bonchev–Trinajstić information content (AvgIpc) is 3.29. The Kier molecular flexibility index (Phi) is 6.36. The lowest BCUT2D eigenvalue weighted by molar-refractivity contribution is 0.519. The fourth-order valence-corrected chi connectivity index (χ4v) is 4.07. The Labute approximate surface area is 137 Å². The van der Waals surface area contributed by atoms with Gasteiger partial charge in [-0.05, 0) is 50.1 Å². The van der Waals surface area contributed by atoms with Crippen molar-refractivity contribution >= 4 is 32.5 Å². The van der Waals surface area contributed by atoms with Crippen LogP contribution in [0.25, 0.3) is 0 Å². The monoisotopic (exact) mass is 369 g/mol. The van der Waals surface area contributed by atoms with Crippen LogP contribution in [0.3, 0.4) is 0 Å². The minimum absolute atomic E-state index is 0. The van der Waals surface area contributed by atoms with Gasteiger partial charge in [-0.1, -0.05) is 0 Å². The number of benzene rings is 1. The molecule has 1 unspecified atom stereocenters. The summed E-state index contributed by atoms with van der Waals surface area (Å²) in [4.78, 5) is 0.0400. The van der Waals surface area contributed by atoms with Crippen molar-refractivity contribution in [2.45, 2.75) is 28.7 Å². The predicted molar refractivity (Wildman–Crippen MR) is 85.8 cm³/mol. The minimum atomic E-state index is -3.69. The molecule has 0 saturated heterocycles. The highest BCUT2D eigenvalue weighted by atomic mass is 35.5. The molecule has 1 aromatic rings. The molecule has 2 rings (SSSR count). The van der Waals surface area contributed by atoms with Gasteiger partial charge in [-0.2, -0.15) is 0 Å². The van der Waals surface area contributed by atoms with E-state index < -0.39 is 20.0 Å². The minimum Gasteiger partial charge on any atom is -0.329 e. The number of nitrogens with one attached hydrogen (secondary N) is 2. The maximum Gasteiger partial charge on any atom is 0.240 e. The van der Waals surface area contributed by atoms with Crippen LogP contribution in [0.4, 0.5) is 0 Å². The molecule has 0 aliphatic heterocycles. The van der Waals surface area contributed by atoms with Crippen LogP contribution in [0.15, 0.2) is 34.1 Å². The third kappa shape index (κ3) is 4.40. The van der Waals surface area contributed by atoms with E-state index in [-0.39, 0.29) is 34.8 Å². The molecule has 0 amide bonds. The Bertz CT molecular complexity index is 700. The summed E-state index contributed by atoms with van der Waals surface area (Å²) in [7, 11) is -5.97. The SMILES string of the molecule is CNS(=O)(=O)c1ccc(S(=O)(=O)NC(CN)C2CC2)cc1.Cl. The van der Waals surface area contributed by atoms with Crippen molar-refractivity contribution < 1.29 is 16.8 Å². The third-order valence-electron chi connectivity index (χ3n) is 3.46. The molecule has 0 bridgehead atoms. The molecule has 0 radical (unpaired) electrons. The lowest BCUT2D eigenvalue weighted by atomic mass is 10.2. The van der Waals surface area contributed by atoms with Crippen molar-refractivity contribution in [1.29, 1.82) is 0 Å². The number of hydrogen-bond acceptors (Lipinski definition) is 5. The van der Waals surface area contributed by atoms with E-state index in [0.717, 1.165) is 12.8 Å². The lowest BCUT2D eigenvalue weighted by Gasteiger charge is -2.16. The summed E-state index contributed by atoms with van der Waals surface area (Å²) in [5, 5.41) is 0. The summed E-state index contributed by atoms with van der Waals surface area (Å²) in [5.41, 5.74) is 5.58. The van der Waals surface area contributed by atoms with E-state index in [1.165, 1.54) is 31.3 Å². The van der Waals surface area contributed by atoms with E-state index in [0.29, 0.717) is 5.92 Å². The highest BCUT2D eigenvalue weighted by Crippen LogP contribution is 2.32. The second-order valence-corrected chi connectivity index (χ2v) is 8.58. The molecule has 7 nitrogen and oxygen atoms in total. The fourth-order valence-electron chi connectivity index (χ4n) is 2.02. The van der Waals surface area contributed by atoms with Crippen molar-refractivity contribution in [3.63, 3.8) is 0 Å². The van der Waals surface area contributed by atoms with Crippen LogP contribution in [-0.4, -0.2) is 36.5 Å². The Morgan fingerprint density at radius 2 is 1.55 bits per heavy atom. The lowest BCUT2D eigenvalue weighted by Crippen LogP contribution is -2.41. The molecule has 1 atom stereocenters.